The van der Waals surface area contributed by atoms with Crippen LogP contribution in [0.15, 0.2) is 76.5 Å². The molecule has 104 valence electrons. The van der Waals surface area contributed by atoms with Crippen LogP contribution in [0.1, 0.15) is 24.6 Å². The Morgan fingerprint density at radius 3 is 2.71 bits per heavy atom. The quantitative estimate of drug-likeness (QED) is 0.861. The number of nitrogens with one attached hydrogen (secondary N) is 1. The normalized spacial score (nSPS) is 24.5. The smallest absolute Gasteiger partial charge is 0.149 e. The van der Waals surface area contributed by atoms with Crippen LogP contribution in [0, 0.1) is 0 Å². The van der Waals surface area contributed by atoms with Crippen molar-refractivity contribution in [3.63, 3.8) is 0 Å². The van der Waals surface area contributed by atoms with E-state index < -0.39 is 0 Å². The molecule has 21 heavy (non-hydrogen) atoms. The molecule has 0 bridgehead atoms. The monoisotopic (exact) mass is 275 g/mol. The Bertz CT molecular complexity index is 753. The van der Waals surface area contributed by atoms with Crippen molar-refractivity contribution in [2.45, 2.75) is 25.2 Å². The van der Waals surface area contributed by atoms with Gasteiger partial charge in [-0.15, -0.1) is 0 Å². The third-order valence-corrected chi connectivity index (χ3v) is 4.13. The van der Waals surface area contributed by atoms with Crippen molar-refractivity contribution in [3.8, 4) is 0 Å². The lowest BCUT2D eigenvalue weighted by atomic mass is 10.0. The minimum Gasteiger partial charge on any atom is -0.264 e. The van der Waals surface area contributed by atoms with Crippen LogP contribution in [0.25, 0.3) is 10.8 Å². The zero-order chi connectivity index (χ0) is 14.1. The van der Waals surface area contributed by atoms with Gasteiger partial charge in [-0.2, -0.15) is 10.2 Å². The van der Waals surface area contributed by atoms with E-state index in [-0.39, 0.29) is 12.3 Å². The van der Waals surface area contributed by atoms with Gasteiger partial charge in [0, 0.05) is 5.56 Å². The van der Waals surface area contributed by atoms with E-state index in [2.05, 4.69) is 76.2 Å². The van der Waals surface area contributed by atoms with E-state index in [1.807, 2.05) is 0 Å². The molecule has 2 aliphatic rings. The number of allylic oxidation sites excluding steroid dienone is 3. The van der Waals surface area contributed by atoms with Crippen molar-refractivity contribution in [2.75, 3.05) is 0 Å². The fraction of sp³-hybridized carbons (Fsp3) is 0.222. The molecular formula is C18H17N3. The van der Waals surface area contributed by atoms with E-state index in [4.69, 9.17) is 0 Å². The molecule has 0 aromatic heterocycles. The Balaban J connectivity index is 1.64. The molecule has 3 heteroatoms. The van der Waals surface area contributed by atoms with Crippen LogP contribution in [-0.4, -0.2) is 6.17 Å². The van der Waals surface area contributed by atoms with E-state index in [1.165, 1.54) is 21.9 Å². The Hall–Kier alpha value is -2.26. The molecule has 1 N–H and O–H groups in total. The number of hydrogen-bond donors (Lipinski definition) is 1. The number of hydrogen-bond acceptors (Lipinski definition) is 3. The molecule has 2 aromatic rings. The van der Waals surface area contributed by atoms with Gasteiger partial charge < -0.3 is 0 Å². The first-order valence-corrected chi connectivity index (χ1v) is 7.41. The van der Waals surface area contributed by atoms with Crippen LogP contribution >= 0.6 is 0 Å². The SMILES string of the molecule is C1=CCCC(C2N=NC(c3cccc4ccccc34)N2)=C1. The molecule has 2 unspecified atom stereocenters. The molecule has 1 aliphatic carbocycles. The lowest BCUT2D eigenvalue weighted by molar-refractivity contribution is 0.567. The fourth-order valence-electron chi connectivity index (χ4n) is 3.02. The minimum absolute atomic E-state index is 0.0268. The first-order valence-electron chi connectivity index (χ1n) is 7.41. The predicted octanol–water partition coefficient (Wildman–Crippen LogP) is 4.50. The van der Waals surface area contributed by atoms with Crippen LogP contribution in [-0.2, 0) is 0 Å². The Morgan fingerprint density at radius 2 is 1.81 bits per heavy atom. The van der Waals surface area contributed by atoms with Crippen LogP contribution in [0.5, 0.6) is 0 Å². The zero-order valence-electron chi connectivity index (χ0n) is 11.7. The van der Waals surface area contributed by atoms with Gasteiger partial charge in [-0.25, -0.2) is 0 Å². The highest BCUT2D eigenvalue weighted by Crippen LogP contribution is 2.31. The highest BCUT2D eigenvalue weighted by molar-refractivity contribution is 5.86. The van der Waals surface area contributed by atoms with Crippen LogP contribution in [0.2, 0.25) is 0 Å². The van der Waals surface area contributed by atoms with Gasteiger partial charge in [0.05, 0.1) is 0 Å². The first-order chi connectivity index (χ1) is 10.4. The van der Waals surface area contributed by atoms with Crippen molar-refractivity contribution < 1.29 is 0 Å². The summed E-state index contributed by atoms with van der Waals surface area (Å²) in [5.74, 6) is 0. The molecule has 3 nitrogen and oxygen atoms in total. The second kappa shape index (κ2) is 5.26. The minimum atomic E-state index is -0.0482. The van der Waals surface area contributed by atoms with Gasteiger partial charge in [0.1, 0.15) is 12.3 Å². The summed E-state index contributed by atoms with van der Waals surface area (Å²) < 4.78 is 0. The summed E-state index contributed by atoms with van der Waals surface area (Å²) >= 11 is 0. The summed E-state index contributed by atoms with van der Waals surface area (Å²) in [5.41, 5.74) is 2.52. The topological polar surface area (TPSA) is 36.8 Å². The molecule has 0 amide bonds. The molecule has 2 atom stereocenters. The first kappa shape index (κ1) is 12.5. The molecule has 0 radical (unpaired) electrons. The number of nitrogens with zero attached hydrogens (tertiary/aromatic N) is 2. The fourth-order valence-corrected chi connectivity index (χ4v) is 3.02. The summed E-state index contributed by atoms with van der Waals surface area (Å²) in [4.78, 5) is 0. The van der Waals surface area contributed by atoms with Crippen molar-refractivity contribution in [1.29, 1.82) is 0 Å². The molecule has 0 fully saturated rings. The molecule has 2 aromatic carbocycles. The Kier molecular flexibility index (Phi) is 3.13. The van der Waals surface area contributed by atoms with Crippen molar-refractivity contribution in [2.24, 2.45) is 10.2 Å². The van der Waals surface area contributed by atoms with E-state index in [9.17, 15) is 0 Å². The maximum Gasteiger partial charge on any atom is 0.149 e. The Morgan fingerprint density at radius 1 is 0.952 bits per heavy atom. The maximum atomic E-state index is 4.46. The van der Waals surface area contributed by atoms with Crippen molar-refractivity contribution in [1.82, 2.24) is 5.32 Å². The lowest BCUT2D eigenvalue weighted by Crippen LogP contribution is -2.27. The molecule has 1 aliphatic heterocycles. The van der Waals surface area contributed by atoms with Crippen LogP contribution in [0.4, 0.5) is 0 Å². The molecule has 0 spiro atoms. The second-order valence-electron chi connectivity index (χ2n) is 5.48. The summed E-state index contributed by atoms with van der Waals surface area (Å²) in [6, 6.07) is 14.8. The van der Waals surface area contributed by atoms with Crippen LogP contribution in [0.3, 0.4) is 0 Å². The Labute approximate surface area is 124 Å². The summed E-state index contributed by atoms with van der Waals surface area (Å²) in [7, 11) is 0. The third-order valence-electron chi connectivity index (χ3n) is 4.13. The molecule has 4 rings (SSSR count). The van der Waals surface area contributed by atoms with E-state index in [0.29, 0.717) is 0 Å². The number of benzene rings is 2. The van der Waals surface area contributed by atoms with Gasteiger partial charge in [-0.1, -0.05) is 60.7 Å². The average molecular weight is 275 g/mol. The van der Waals surface area contributed by atoms with E-state index in [1.54, 1.807) is 0 Å². The molecular weight excluding hydrogens is 258 g/mol. The molecule has 0 saturated heterocycles. The number of azo groups is 1. The number of fused-ring (bicyclic) bond motifs is 1. The summed E-state index contributed by atoms with van der Waals surface area (Å²) in [5, 5.41) is 14.9. The standard InChI is InChI=1S/C18H17N3/c1-2-8-14(9-3-1)17-19-18(21-20-17)16-12-6-10-13-7-4-5-11-15(13)16/h1-2,4-8,10-12,17-19H,3,9H2. The van der Waals surface area contributed by atoms with Gasteiger partial charge in [0.25, 0.3) is 0 Å². The van der Waals surface area contributed by atoms with Crippen molar-refractivity contribution in [3.05, 3.63) is 71.8 Å². The van der Waals surface area contributed by atoms with Gasteiger partial charge in [0.15, 0.2) is 0 Å². The van der Waals surface area contributed by atoms with Gasteiger partial charge in [0.2, 0.25) is 0 Å². The van der Waals surface area contributed by atoms with E-state index in [0.717, 1.165) is 12.8 Å². The highest BCUT2D eigenvalue weighted by atomic mass is 15.4. The van der Waals surface area contributed by atoms with Gasteiger partial charge in [-0.05, 0) is 29.2 Å². The second-order valence-corrected chi connectivity index (χ2v) is 5.48. The lowest BCUT2D eigenvalue weighted by Gasteiger charge is -2.16. The maximum absolute atomic E-state index is 4.46. The highest BCUT2D eigenvalue weighted by Gasteiger charge is 2.26. The average Bonchev–Trinajstić information content (AvgIpc) is 3.05. The third kappa shape index (κ3) is 2.30. The molecule has 1 heterocycles. The predicted molar refractivity (Wildman–Crippen MR) is 84.9 cm³/mol. The van der Waals surface area contributed by atoms with Gasteiger partial charge in [-0.3, -0.25) is 5.32 Å². The summed E-state index contributed by atoms with van der Waals surface area (Å²) in [6.45, 7) is 0. The zero-order valence-corrected chi connectivity index (χ0v) is 11.7. The van der Waals surface area contributed by atoms with Gasteiger partial charge >= 0.3 is 0 Å². The molecule has 0 saturated carbocycles. The van der Waals surface area contributed by atoms with E-state index >= 15 is 0 Å². The van der Waals surface area contributed by atoms with Crippen LogP contribution < -0.4 is 5.32 Å². The largest absolute Gasteiger partial charge is 0.264 e. The summed E-state index contributed by atoms with van der Waals surface area (Å²) in [6.07, 6.45) is 8.60. The number of rotatable bonds is 2. The van der Waals surface area contributed by atoms with Crippen molar-refractivity contribution >= 4 is 10.8 Å².